The molecular formula is C25H28FNO7. The van der Waals surface area contributed by atoms with Gasteiger partial charge in [-0.05, 0) is 29.8 Å². The Morgan fingerprint density at radius 2 is 1.88 bits per heavy atom. The SMILES string of the molecule is COC(=O)c1ccc([C@H]2C=C(C(=O)NCc3ccccc3F)O[C@@H](OCCOCCO)C2)cc1. The maximum atomic E-state index is 13.9. The number of benzene rings is 2. The van der Waals surface area contributed by atoms with Gasteiger partial charge in [0.25, 0.3) is 5.91 Å². The lowest BCUT2D eigenvalue weighted by Gasteiger charge is -2.29. The van der Waals surface area contributed by atoms with Crippen LogP contribution in [0.2, 0.25) is 0 Å². The maximum absolute atomic E-state index is 13.9. The number of allylic oxidation sites excluding steroid dienone is 1. The van der Waals surface area contributed by atoms with Gasteiger partial charge in [0, 0.05) is 24.4 Å². The summed E-state index contributed by atoms with van der Waals surface area (Å²) in [6, 6.07) is 13.1. The Balaban J connectivity index is 1.72. The van der Waals surface area contributed by atoms with Gasteiger partial charge in [-0.3, -0.25) is 4.79 Å². The number of rotatable bonds is 11. The third kappa shape index (κ3) is 7.11. The molecule has 34 heavy (non-hydrogen) atoms. The molecule has 2 atom stereocenters. The zero-order chi connectivity index (χ0) is 24.3. The Kier molecular flexibility index (Phi) is 9.57. The summed E-state index contributed by atoms with van der Waals surface area (Å²) in [5.41, 5.74) is 1.63. The average molecular weight is 473 g/mol. The molecule has 1 aliphatic rings. The summed E-state index contributed by atoms with van der Waals surface area (Å²) in [6.07, 6.45) is 1.40. The van der Waals surface area contributed by atoms with E-state index >= 15 is 0 Å². The van der Waals surface area contributed by atoms with Crippen molar-refractivity contribution in [2.45, 2.75) is 25.2 Å². The molecule has 3 rings (SSSR count). The highest BCUT2D eigenvalue weighted by atomic mass is 19.1. The van der Waals surface area contributed by atoms with Crippen molar-refractivity contribution in [1.29, 1.82) is 0 Å². The number of halogens is 1. The quantitative estimate of drug-likeness (QED) is 0.382. The zero-order valence-corrected chi connectivity index (χ0v) is 18.9. The van der Waals surface area contributed by atoms with E-state index < -0.39 is 24.0 Å². The van der Waals surface area contributed by atoms with Gasteiger partial charge in [-0.2, -0.15) is 0 Å². The third-order valence-electron chi connectivity index (χ3n) is 5.21. The number of methoxy groups -OCH3 is 1. The fourth-order valence-electron chi connectivity index (χ4n) is 3.44. The van der Waals surface area contributed by atoms with Gasteiger partial charge >= 0.3 is 5.97 Å². The first-order valence-electron chi connectivity index (χ1n) is 10.9. The van der Waals surface area contributed by atoms with Gasteiger partial charge in [-0.25, -0.2) is 9.18 Å². The van der Waals surface area contributed by atoms with Crippen LogP contribution < -0.4 is 5.32 Å². The van der Waals surface area contributed by atoms with E-state index in [0.717, 1.165) is 5.56 Å². The summed E-state index contributed by atoms with van der Waals surface area (Å²) in [6.45, 7) is 0.595. The fourth-order valence-corrected chi connectivity index (χ4v) is 3.44. The lowest BCUT2D eigenvalue weighted by molar-refractivity contribution is -0.151. The Morgan fingerprint density at radius 3 is 2.59 bits per heavy atom. The second-order valence-corrected chi connectivity index (χ2v) is 7.51. The first-order valence-corrected chi connectivity index (χ1v) is 10.9. The standard InChI is InChI=1S/C25H28FNO7/c1-31-25(30)18-8-6-17(7-9-18)20-14-22(34-23(15-20)33-13-12-32-11-10-28)24(29)27-16-19-4-2-3-5-21(19)26/h2-9,14,20,23,28H,10-13,15-16H2,1H3,(H,27,29)/t20-,23+/m0/s1. The molecule has 0 aromatic heterocycles. The Hall–Kier alpha value is -3.27. The van der Waals surface area contributed by atoms with Gasteiger partial charge in [-0.1, -0.05) is 30.3 Å². The second kappa shape index (κ2) is 12.8. The van der Waals surface area contributed by atoms with Crippen LogP contribution in [0, 0.1) is 5.82 Å². The minimum atomic E-state index is -0.720. The van der Waals surface area contributed by atoms with Crippen molar-refractivity contribution in [3.63, 3.8) is 0 Å². The first-order chi connectivity index (χ1) is 16.5. The molecule has 2 aromatic rings. The van der Waals surface area contributed by atoms with Crippen molar-refractivity contribution in [3.8, 4) is 0 Å². The van der Waals surface area contributed by atoms with Gasteiger partial charge < -0.3 is 29.4 Å². The molecule has 1 heterocycles. The smallest absolute Gasteiger partial charge is 0.337 e. The highest BCUT2D eigenvalue weighted by Gasteiger charge is 2.29. The number of aliphatic hydroxyl groups is 1. The molecule has 0 unspecified atom stereocenters. The van der Waals surface area contributed by atoms with Crippen molar-refractivity contribution in [2.75, 3.05) is 33.5 Å². The number of ether oxygens (including phenoxy) is 4. The lowest BCUT2D eigenvalue weighted by atomic mass is 9.92. The summed E-state index contributed by atoms with van der Waals surface area (Å²) in [5, 5.41) is 11.5. The lowest BCUT2D eigenvalue weighted by Crippen LogP contribution is -2.33. The van der Waals surface area contributed by atoms with Gasteiger partial charge in [0.2, 0.25) is 6.29 Å². The van der Waals surface area contributed by atoms with Crippen LogP contribution in [0.1, 0.15) is 33.8 Å². The van der Waals surface area contributed by atoms with Crippen LogP contribution in [-0.4, -0.2) is 56.8 Å². The topological polar surface area (TPSA) is 103 Å². The van der Waals surface area contributed by atoms with Crippen LogP contribution in [0.4, 0.5) is 4.39 Å². The fraction of sp³-hybridized carbons (Fsp3) is 0.360. The molecule has 0 aliphatic carbocycles. The number of hydrogen-bond acceptors (Lipinski definition) is 7. The van der Waals surface area contributed by atoms with Crippen LogP contribution in [0.3, 0.4) is 0 Å². The largest absolute Gasteiger partial charge is 0.465 e. The van der Waals surface area contributed by atoms with E-state index in [9.17, 15) is 14.0 Å². The van der Waals surface area contributed by atoms with E-state index in [1.807, 2.05) is 0 Å². The van der Waals surface area contributed by atoms with Crippen LogP contribution in [0.25, 0.3) is 0 Å². The van der Waals surface area contributed by atoms with Crippen LogP contribution >= 0.6 is 0 Å². The molecule has 2 N–H and O–H groups in total. The number of esters is 1. The van der Waals surface area contributed by atoms with Gasteiger partial charge in [0.1, 0.15) is 5.82 Å². The summed E-state index contributed by atoms with van der Waals surface area (Å²) < 4.78 is 35.3. The van der Waals surface area contributed by atoms with E-state index in [-0.39, 0.29) is 44.6 Å². The number of aliphatic hydroxyl groups excluding tert-OH is 1. The van der Waals surface area contributed by atoms with Crippen LogP contribution in [-0.2, 0) is 30.3 Å². The van der Waals surface area contributed by atoms with Crippen LogP contribution in [0.15, 0.2) is 60.4 Å². The molecule has 2 aromatic carbocycles. The molecule has 0 saturated heterocycles. The highest BCUT2D eigenvalue weighted by Crippen LogP contribution is 2.31. The Labute approximate surface area is 197 Å². The number of carbonyl (C=O) groups excluding carboxylic acids is 2. The van der Waals surface area contributed by atoms with E-state index in [1.165, 1.54) is 13.2 Å². The van der Waals surface area contributed by atoms with Crippen LogP contribution in [0.5, 0.6) is 0 Å². The minimum absolute atomic E-state index is 0.00518. The molecule has 0 spiro atoms. The molecule has 1 aliphatic heterocycles. The molecule has 0 fully saturated rings. The first kappa shape index (κ1) is 25.4. The maximum Gasteiger partial charge on any atom is 0.337 e. The Bertz CT molecular complexity index is 993. The van der Waals surface area contributed by atoms with Crippen molar-refractivity contribution >= 4 is 11.9 Å². The van der Waals surface area contributed by atoms with Gasteiger partial charge in [0.15, 0.2) is 5.76 Å². The van der Waals surface area contributed by atoms with Crippen molar-refractivity contribution in [3.05, 3.63) is 82.9 Å². The summed E-state index contributed by atoms with van der Waals surface area (Å²) in [7, 11) is 1.32. The predicted molar refractivity (Wildman–Crippen MR) is 120 cm³/mol. The molecule has 0 saturated carbocycles. The average Bonchev–Trinajstić information content (AvgIpc) is 2.87. The third-order valence-corrected chi connectivity index (χ3v) is 5.21. The Morgan fingerprint density at radius 1 is 1.12 bits per heavy atom. The normalized spacial score (nSPS) is 17.4. The van der Waals surface area contributed by atoms with Crippen molar-refractivity contribution < 1.29 is 38.0 Å². The second-order valence-electron chi connectivity index (χ2n) is 7.51. The van der Waals surface area contributed by atoms with E-state index in [2.05, 4.69) is 5.32 Å². The van der Waals surface area contributed by atoms with Crippen molar-refractivity contribution in [1.82, 2.24) is 5.32 Å². The molecule has 182 valence electrons. The number of carbonyl (C=O) groups is 2. The van der Waals surface area contributed by atoms with E-state index in [1.54, 1.807) is 48.5 Å². The number of hydrogen-bond donors (Lipinski definition) is 2. The summed E-state index contributed by atoms with van der Waals surface area (Å²) in [4.78, 5) is 24.5. The van der Waals surface area contributed by atoms with Crippen molar-refractivity contribution in [2.24, 2.45) is 0 Å². The predicted octanol–water partition coefficient (Wildman–Crippen LogP) is 2.67. The summed E-state index contributed by atoms with van der Waals surface area (Å²) >= 11 is 0. The van der Waals surface area contributed by atoms with E-state index in [0.29, 0.717) is 17.5 Å². The molecule has 9 heteroatoms. The summed E-state index contributed by atoms with van der Waals surface area (Å²) in [5.74, 6) is -1.51. The number of amides is 1. The molecular weight excluding hydrogens is 445 g/mol. The minimum Gasteiger partial charge on any atom is -0.465 e. The zero-order valence-electron chi connectivity index (χ0n) is 18.9. The van der Waals surface area contributed by atoms with Gasteiger partial charge in [-0.15, -0.1) is 0 Å². The number of nitrogens with one attached hydrogen (secondary N) is 1. The highest BCUT2D eigenvalue weighted by molar-refractivity contribution is 5.91. The molecule has 8 nitrogen and oxygen atoms in total. The molecule has 1 amide bonds. The molecule has 0 radical (unpaired) electrons. The molecule has 0 bridgehead atoms. The monoisotopic (exact) mass is 473 g/mol. The van der Waals surface area contributed by atoms with E-state index in [4.69, 9.17) is 24.1 Å². The van der Waals surface area contributed by atoms with Gasteiger partial charge in [0.05, 0.1) is 39.1 Å².